The van der Waals surface area contributed by atoms with Crippen LogP contribution in [0.15, 0.2) is 60.8 Å². The molecule has 0 bridgehead atoms. The van der Waals surface area contributed by atoms with E-state index in [1.807, 2.05) is 23.1 Å². The van der Waals surface area contributed by atoms with Gasteiger partial charge in [0.15, 0.2) is 5.78 Å². The second-order valence-electron chi connectivity index (χ2n) is 6.44. The number of Topliss-reactive ketones (excluding diaryl/α,β-unsaturated/α-hetero) is 1. The van der Waals surface area contributed by atoms with Crippen molar-refractivity contribution in [2.75, 3.05) is 4.90 Å². The maximum atomic E-state index is 13.8. The Morgan fingerprint density at radius 2 is 1.77 bits per heavy atom. The number of hydrogen-bond acceptors (Lipinski definition) is 3. The van der Waals surface area contributed by atoms with Crippen LogP contribution in [0, 0.1) is 11.7 Å². The molecule has 2 aliphatic rings. The van der Waals surface area contributed by atoms with Gasteiger partial charge in [0.05, 0.1) is 11.7 Å². The number of ketones is 1. The summed E-state index contributed by atoms with van der Waals surface area (Å²) in [4.78, 5) is 27.8. The summed E-state index contributed by atoms with van der Waals surface area (Å²) in [6.45, 7) is 0. The van der Waals surface area contributed by atoms with Crippen LogP contribution in [0.4, 0.5) is 15.8 Å². The quantitative estimate of drug-likeness (QED) is 0.590. The predicted molar refractivity (Wildman–Crippen MR) is 95.6 cm³/mol. The van der Waals surface area contributed by atoms with Crippen molar-refractivity contribution in [1.29, 1.82) is 0 Å². The Morgan fingerprint density at radius 1 is 1.00 bits per heavy atom. The third-order valence-corrected chi connectivity index (χ3v) is 5.30. The molecule has 2 atom stereocenters. The lowest BCUT2D eigenvalue weighted by Crippen LogP contribution is -2.39. The van der Waals surface area contributed by atoms with Gasteiger partial charge < -0.3 is 4.90 Å². The van der Waals surface area contributed by atoms with Gasteiger partial charge in [-0.25, -0.2) is 4.39 Å². The van der Waals surface area contributed by atoms with Crippen LogP contribution in [0.2, 0.25) is 5.02 Å². The molecule has 0 spiro atoms. The average molecular weight is 367 g/mol. The number of benzene rings is 2. The van der Waals surface area contributed by atoms with E-state index in [2.05, 4.69) is 0 Å². The van der Waals surface area contributed by atoms with Gasteiger partial charge in [-0.15, -0.1) is 0 Å². The molecule has 6 heteroatoms. The van der Waals surface area contributed by atoms with Gasteiger partial charge in [-0.1, -0.05) is 11.6 Å². The first-order valence-electron chi connectivity index (χ1n) is 8.16. The van der Waals surface area contributed by atoms with E-state index in [9.17, 15) is 14.0 Å². The largest absolute Gasteiger partial charge is 0.330 e. The van der Waals surface area contributed by atoms with Crippen LogP contribution in [-0.2, 0) is 0 Å². The highest BCUT2D eigenvalue weighted by Crippen LogP contribution is 2.50. The number of carbonyl (C=O) groups is 2. The van der Waals surface area contributed by atoms with Gasteiger partial charge in [-0.2, -0.15) is 0 Å². The van der Waals surface area contributed by atoms with Crippen molar-refractivity contribution in [2.24, 2.45) is 5.92 Å². The van der Waals surface area contributed by atoms with Gasteiger partial charge >= 0.3 is 0 Å². The highest BCUT2D eigenvalue weighted by molar-refractivity contribution is 6.30. The molecule has 0 radical (unpaired) electrons. The van der Waals surface area contributed by atoms with Gasteiger partial charge in [-0.05, 0) is 54.6 Å². The second-order valence-corrected chi connectivity index (χ2v) is 6.87. The molecule has 0 saturated heterocycles. The SMILES string of the molecule is O=C1c2cc(F)ccc2N(c2ccc(Cl)cc2)C2c3cccn3C(=O)C12. The number of aromatic nitrogens is 1. The Labute approximate surface area is 153 Å². The Kier molecular flexibility index (Phi) is 3.12. The molecule has 26 heavy (non-hydrogen) atoms. The van der Waals surface area contributed by atoms with E-state index in [0.717, 1.165) is 11.4 Å². The van der Waals surface area contributed by atoms with Crippen LogP contribution in [0.25, 0.3) is 0 Å². The maximum absolute atomic E-state index is 13.8. The van der Waals surface area contributed by atoms with Crippen molar-refractivity contribution >= 4 is 34.7 Å². The first-order chi connectivity index (χ1) is 12.6. The van der Waals surface area contributed by atoms with Crippen molar-refractivity contribution in [2.45, 2.75) is 6.04 Å². The smallest absolute Gasteiger partial charge is 0.244 e. The lowest BCUT2D eigenvalue weighted by Gasteiger charge is -2.38. The Balaban J connectivity index is 1.80. The van der Waals surface area contributed by atoms with Gasteiger partial charge in [0, 0.05) is 28.2 Å². The lowest BCUT2D eigenvalue weighted by molar-refractivity contribution is 0.0759. The van der Waals surface area contributed by atoms with E-state index in [0.29, 0.717) is 10.7 Å². The zero-order valence-corrected chi connectivity index (χ0v) is 14.2. The van der Waals surface area contributed by atoms with Crippen LogP contribution >= 0.6 is 11.6 Å². The van der Waals surface area contributed by atoms with Crippen molar-refractivity contribution < 1.29 is 14.0 Å². The van der Waals surface area contributed by atoms with E-state index >= 15 is 0 Å². The van der Waals surface area contributed by atoms with Crippen molar-refractivity contribution in [1.82, 2.24) is 4.57 Å². The molecular formula is C20H12ClFN2O2. The number of fused-ring (bicyclic) bond motifs is 4. The fourth-order valence-electron chi connectivity index (χ4n) is 3.96. The first-order valence-corrected chi connectivity index (χ1v) is 8.54. The van der Waals surface area contributed by atoms with E-state index in [1.54, 1.807) is 30.5 Å². The number of anilines is 2. The Morgan fingerprint density at radius 3 is 2.54 bits per heavy atom. The summed E-state index contributed by atoms with van der Waals surface area (Å²) in [5.74, 6) is -2.02. The maximum Gasteiger partial charge on any atom is 0.244 e. The minimum Gasteiger partial charge on any atom is -0.330 e. The van der Waals surface area contributed by atoms with E-state index in [-0.39, 0.29) is 17.3 Å². The highest BCUT2D eigenvalue weighted by atomic mass is 35.5. The minimum atomic E-state index is -0.892. The van der Waals surface area contributed by atoms with E-state index in [1.165, 1.54) is 16.7 Å². The van der Waals surface area contributed by atoms with Crippen LogP contribution in [0.5, 0.6) is 0 Å². The topological polar surface area (TPSA) is 42.3 Å². The van der Waals surface area contributed by atoms with Crippen LogP contribution in [0.3, 0.4) is 0 Å². The monoisotopic (exact) mass is 366 g/mol. The number of halogens is 2. The van der Waals surface area contributed by atoms with Crippen molar-refractivity contribution in [3.63, 3.8) is 0 Å². The predicted octanol–water partition coefficient (Wildman–Crippen LogP) is 4.63. The standard InChI is InChI=1S/C20H12ClFN2O2/c21-11-3-6-13(7-4-11)24-15-8-5-12(22)10-14(15)19(25)17-18(24)16-2-1-9-23(16)20(17)26/h1-10,17-18H. The molecule has 1 aromatic heterocycles. The fourth-order valence-corrected chi connectivity index (χ4v) is 4.09. The Bertz CT molecular complexity index is 1070. The van der Waals surface area contributed by atoms with E-state index < -0.39 is 17.8 Å². The second kappa shape index (κ2) is 5.29. The van der Waals surface area contributed by atoms with Crippen LogP contribution < -0.4 is 4.90 Å². The summed E-state index contributed by atoms with van der Waals surface area (Å²) in [6, 6.07) is 14.4. The van der Waals surface area contributed by atoms with Crippen LogP contribution in [-0.4, -0.2) is 16.3 Å². The van der Waals surface area contributed by atoms with E-state index in [4.69, 9.17) is 11.6 Å². The summed E-state index contributed by atoms with van der Waals surface area (Å²) >= 11 is 6.01. The third-order valence-electron chi connectivity index (χ3n) is 5.05. The van der Waals surface area contributed by atoms with Crippen LogP contribution in [0.1, 0.15) is 26.9 Å². The summed E-state index contributed by atoms with van der Waals surface area (Å²) in [5, 5.41) is 0.587. The molecule has 5 rings (SSSR count). The van der Waals surface area contributed by atoms with Gasteiger partial charge in [0.2, 0.25) is 5.91 Å². The molecule has 3 aromatic rings. The Hall–Kier alpha value is -2.92. The molecule has 0 fully saturated rings. The summed E-state index contributed by atoms with van der Waals surface area (Å²) in [6.07, 6.45) is 1.66. The fraction of sp³-hybridized carbons (Fsp3) is 0.100. The van der Waals surface area contributed by atoms with Crippen molar-refractivity contribution in [3.05, 3.63) is 82.9 Å². The summed E-state index contributed by atoms with van der Waals surface area (Å²) < 4.78 is 15.3. The molecule has 0 aliphatic carbocycles. The molecule has 4 nitrogen and oxygen atoms in total. The average Bonchev–Trinajstić information content (AvgIpc) is 3.20. The highest BCUT2D eigenvalue weighted by Gasteiger charge is 2.51. The lowest BCUT2D eigenvalue weighted by atomic mass is 9.84. The first kappa shape index (κ1) is 15.3. The molecule has 0 N–H and O–H groups in total. The van der Waals surface area contributed by atoms with Gasteiger partial charge in [0.1, 0.15) is 11.7 Å². The molecule has 2 unspecified atom stereocenters. The van der Waals surface area contributed by atoms with Gasteiger partial charge in [0.25, 0.3) is 0 Å². The molecule has 2 aromatic carbocycles. The minimum absolute atomic E-state index is 0.223. The third kappa shape index (κ3) is 1.95. The zero-order valence-electron chi connectivity index (χ0n) is 13.4. The van der Waals surface area contributed by atoms with Gasteiger partial charge in [-0.3, -0.25) is 14.2 Å². The molecule has 128 valence electrons. The molecular weight excluding hydrogens is 355 g/mol. The number of rotatable bonds is 1. The molecule has 3 heterocycles. The normalized spacial score (nSPS) is 20.8. The number of hydrogen-bond donors (Lipinski definition) is 0. The number of nitrogens with zero attached hydrogens (tertiary/aromatic N) is 2. The summed E-state index contributed by atoms with van der Waals surface area (Å²) in [7, 11) is 0. The molecule has 0 saturated carbocycles. The summed E-state index contributed by atoms with van der Waals surface area (Å²) in [5.41, 5.74) is 2.34. The number of carbonyl (C=O) groups excluding carboxylic acids is 2. The molecule has 2 aliphatic heterocycles. The van der Waals surface area contributed by atoms with Crippen molar-refractivity contribution in [3.8, 4) is 0 Å². The zero-order chi connectivity index (χ0) is 18.0. The molecule has 0 amide bonds.